The van der Waals surface area contributed by atoms with E-state index in [-0.39, 0.29) is 6.04 Å². The van der Waals surface area contributed by atoms with E-state index in [0.717, 1.165) is 11.1 Å². The van der Waals surface area contributed by atoms with Crippen LogP contribution in [0.2, 0.25) is 10.0 Å². The Balaban J connectivity index is 2.42. The zero-order chi connectivity index (χ0) is 12.4. The third-order valence-corrected chi connectivity index (χ3v) is 4.25. The third-order valence-electron chi connectivity index (χ3n) is 2.65. The van der Waals surface area contributed by atoms with Crippen molar-refractivity contribution in [3.8, 4) is 0 Å². The fourth-order valence-electron chi connectivity index (χ4n) is 1.75. The van der Waals surface area contributed by atoms with Gasteiger partial charge >= 0.3 is 0 Å². The molecule has 1 aromatic carbocycles. The number of hydrogen-bond donors (Lipinski definition) is 2. The summed E-state index contributed by atoms with van der Waals surface area (Å²) in [5.41, 5.74) is 4.98. The maximum atomic E-state index is 6.02. The van der Waals surface area contributed by atoms with Crippen LogP contribution in [0.25, 0.3) is 0 Å². The van der Waals surface area contributed by atoms with Crippen molar-refractivity contribution in [2.45, 2.75) is 13.0 Å². The summed E-state index contributed by atoms with van der Waals surface area (Å²) in [6.45, 7) is 2.07. The van der Waals surface area contributed by atoms with Gasteiger partial charge in [0.15, 0.2) is 0 Å². The number of halogens is 2. The highest BCUT2D eigenvalue weighted by atomic mass is 35.5. The van der Waals surface area contributed by atoms with E-state index in [1.165, 1.54) is 4.88 Å². The molecule has 5 heteroatoms. The minimum Gasteiger partial charge on any atom is -0.271 e. The first-order chi connectivity index (χ1) is 8.13. The van der Waals surface area contributed by atoms with E-state index < -0.39 is 0 Å². The Labute approximate surface area is 114 Å². The van der Waals surface area contributed by atoms with Crippen LogP contribution in [0.15, 0.2) is 29.6 Å². The Morgan fingerprint density at radius 1 is 1.24 bits per heavy atom. The van der Waals surface area contributed by atoms with Gasteiger partial charge in [-0.1, -0.05) is 29.3 Å². The number of hydrogen-bond acceptors (Lipinski definition) is 3. The fourth-order valence-corrected chi connectivity index (χ4v) is 2.80. The third kappa shape index (κ3) is 2.64. The molecule has 0 aliphatic heterocycles. The molecule has 0 saturated heterocycles. The standard InChI is InChI=1S/C12H12Cl2N2S/c1-7-9(4-5-17-7)12(16-15)8-2-3-10(13)11(14)6-8/h2-6,12,16H,15H2,1H3. The molecule has 90 valence electrons. The fraction of sp³-hybridized carbons (Fsp3) is 0.167. The van der Waals surface area contributed by atoms with Gasteiger partial charge in [0, 0.05) is 4.88 Å². The number of benzene rings is 1. The van der Waals surface area contributed by atoms with E-state index in [4.69, 9.17) is 29.0 Å². The number of nitrogens with two attached hydrogens (primary N) is 1. The highest BCUT2D eigenvalue weighted by Gasteiger charge is 2.16. The first-order valence-corrected chi connectivity index (χ1v) is 6.72. The normalized spacial score (nSPS) is 12.7. The van der Waals surface area contributed by atoms with Crippen LogP contribution < -0.4 is 11.3 Å². The summed E-state index contributed by atoms with van der Waals surface area (Å²) in [6, 6.07) is 7.55. The Kier molecular flexibility index (Phi) is 4.07. The summed E-state index contributed by atoms with van der Waals surface area (Å²) in [5.74, 6) is 5.63. The number of nitrogens with one attached hydrogen (secondary N) is 1. The average Bonchev–Trinajstić information content (AvgIpc) is 2.71. The van der Waals surface area contributed by atoms with Gasteiger partial charge in [0.05, 0.1) is 16.1 Å². The minimum atomic E-state index is -0.0592. The lowest BCUT2D eigenvalue weighted by Gasteiger charge is -2.17. The van der Waals surface area contributed by atoms with Gasteiger partial charge in [-0.3, -0.25) is 5.84 Å². The van der Waals surface area contributed by atoms with Crippen molar-refractivity contribution in [1.29, 1.82) is 0 Å². The monoisotopic (exact) mass is 286 g/mol. The van der Waals surface area contributed by atoms with Crippen LogP contribution in [0, 0.1) is 6.92 Å². The number of rotatable bonds is 3. The van der Waals surface area contributed by atoms with Crippen molar-refractivity contribution in [3.05, 3.63) is 55.7 Å². The smallest absolute Gasteiger partial charge is 0.0721 e. The molecule has 2 nitrogen and oxygen atoms in total. The van der Waals surface area contributed by atoms with Crippen molar-refractivity contribution < 1.29 is 0 Å². The summed E-state index contributed by atoms with van der Waals surface area (Å²) in [5, 5.41) is 3.14. The molecule has 0 fully saturated rings. The molecule has 0 aliphatic rings. The van der Waals surface area contributed by atoms with Crippen LogP contribution in [-0.2, 0) is 0 Å². The van der Waals surface area contributed by atoms with E-state index in [0.29, 0.717) is 10.0 Å². The minimum absolute atomic E-state index is 0.0592. The summed E-state index contributed by atoms with van der Waals surface area (Å²) in [4.78, 5) is 1.24. The molecular formula is C12H12Cl2N2S. The van der Waals surface area contributed by atoms with Crippen molar-refractivity contribution in [2.75, 3.05) is 0 Å². The molecule has 1 heterocycles. The highest BCUT2D eigenvalue weighted by Crippen LogP contribution is 2.31. The van der Waals surface area contributed by atoms with Gasteiger partial charge in [0.2, 0.25) is 0 Å². The Hall–Kier alpha value is -0.580. The second-order valence-electron chi connectivity index (χ2n) is 3.71. The van der Waals surface area contributed by atoms with E-state index in [1.807, 2.05) is 17.5 Å². The van der Waals surface area contributed by atoms with Gasteiger partial charge in [0.1, 0.15) is 0 Å². The molecular weight excluding hydrogens is 275 g/mol. The molecule has 1 unspecified atom stereocenters. The van der Waals surface area contributed by atoms with Crippen LogP contribution in [0.3, 0.4) is 0 Å². The predicted octanol–water partition coefficient (Wildman–Crippen LogP) is 3.92. The molecule has 2 rings (SSSR count). The lowest BCUT2D eigenvalue weighted by atomic mass is 10.0. The number of hydrazine groups is 1. The summed E-state index contributed by atoms with van der Waals surface area (Å²) in [6.07, 6.45) is 0. The van der Waals surface area contributed by atoms with Crippen LogP contribution >= 0.6 is 34.5 Å². The van der Waals surface area contributed by atoms with Gasteiger partial charge in [-0.05, 0) is 41.6 Å². The van der Waals surface area contributed by atoms with Gasteiger partial charge in [-0.2, -0.15) is 0 Å². The second kappa shape index (κ2) is 5.38. The Bertz CT molecular complexity index is 525. The van der Waals surface area contributed by atoms with Crippen LogP contribution in [0.4, 0.5) is 0 Å². The first kappa shape index (κ1) is 12.9. The second-order valence-corrected chi connectivity index (χ2v) is 5.64. The molecule has 2 aromatic rings. The van der Waals surface area contributed by atoms with Gasteiger partial charge in [-0.25, -0.2) is 5.43 Å². The molecule has 0 bridgehead atoms. The summed E-state index contributed by atoms with van der Waals surface area (Å²) >= 11 is 13.6. The molecule has 3 N–H and O–H groups in total. The molecule has 0 saturated carbocycles. The topological polar surface area (TPSA) is 38.0 Å². The summed E-state index contributed by atoms with van der Waals surface area (Å²) in [7, 11) is 0. The lowest BCUT2D eigenvalue weighted by molar-refractivity contribution is 0.636. The Morgan fingerprint density at radius 3 is 2.53 bits per heavy atom. The highest BCUT2D eigenvalue weighted by molar-refractivity contribution is 7.10. The molecule has 0 spiro atoms. The zero-order valence-electron chi connectivity index (χ0n) is 9.21. The van der Waals surface area contributed by atoms with Crippen molar-refractivity contribution in [1.82, 2.24) is 5.43 Å². The first-order valence-electron chi connectivity index (χ1n) is 5.08. The van der Waals surface area contributed by atoms with Gasteiger partial charge in [-0.15, -0.1) is 11.3 Å². The Morgan fingerprint density at radius 2 is 2.00 bits per heavy atom. The quantitative estimate of drug-likeness (QED) is 0.663. The van der Waals surface area contributed by atoms with E-state index in [1.54, 1.807) is 17.4 Å². The summed E-state index contributed by atoms with van der Waals surface area (Å²) < 4.78 is 0. The number of thiophene rings is 1. The molecule has 0 aliphatic carbocycles. The predicted molar refractivity (Wildman–Crippen MR) is 74.7 cm³/mol. The molecule has 1 atom stereocenters. The average molecular weight is 287 g/mol. The van der Waals surface area contributed by atoms with Gasteiger partial charge in [0.25, 0.3) is 0 Å². The zero-order valence-corrected chi connectivity index (χ0v) is 11.5. The lowest BCUT2D eigenvalue weighted by Crippen LogP contribution is -2.28. The maximum Gasteiger partial charge on any atom is 0.0721 e. The molecule has 1 aromatic heterocycles. The van der Waals surface area contributed by atoms with Gasteiger partial charge < -0.3 is 0 Å². The largest absolute Gasteiger partial charge is 0.271 e. The maximum absolute atomic E-state index is 6.02. The van der Waals surface area contributed by atoms with E-state index >= 15 is 0 Å². The SMILES string of the molecule is Cc1sccc1C(NN)c1ccc(Cl)c(Cl)c1. The molecule has 0 radical (unpaired) electrons. The van der Waals surface area contributed by atoms with Crippen LogP contribution in [-0.4, -0.2) is 0 Å². The van der Waals surface area contributed by atoms with Crippen molar-refractivity contribution >= 4 is 34.5 Å². The van der Waals surface area contributed by atoms with Crippen LogP contribution in [0.5, 0.6) is 0 Å². The van der Waals surface area contributed by atoms with E-state index in [9.17, 15) is 0 Å². The van der Waals surface area contributed by atoms with E-state index in [2.05, 4.69) is 18.4 Å². The van der Waals surface area contributed by atoms with Crippen LogP contribution in [0.1, 0.15) is 22.0 Å². The van der Waals surface area contributed by atoms with Crippen molar-refractivity contribution in [2.24, 2.45) is 5.84 Å². The number of aryl methyl sites for hydroxylation is 1. The van der Waals surface area contributed by atoms with Crippen molar-refractivity contribution in [3.63, 3.8) is 0 Å². The molecule has 17 heavy (non-hydrogen) atoms. The molecule has 0 amide bonds.